The summed E-state index contributed by atoms with van der Waals surface area (Å²) in [5, 5.41) is 10.9. The second kappa shape index (κ2) is 9.24. The minimum Gasteiger partial charge on any atom is -0.466 e. The van der Waals surface area contributed by atoms with Crippen molar-refractivity contribution in [1.82, 2.24) is 10.2 Å². The molecule has 2 aromatic rings. The van der Waals surface area contributed by atoms with Gasteiger partial charge in [-0.3, -0.25) is 15.0 Å². The molecule has 7 nitrogen and oxygen atoms in total. The zero-order chi connectivity index (χ0) is 17.4. The van der Waals surface area contributed by atoms with Gasteiger partial charge in [0.05, 0.1) is 25.1 Å². The molecule has 8 heteroatoms. The van der Waals surface area contributed by atoms with Crippen LogP contribution in [0, 0.1) is 0 Å². The molecule has 0 aliphatic heterocycles. The fraction of sp³-hybridized carbons (Fsp3) is 0.250. The molecule has 2 rings (SSSR count). The van der Waals surface area contributed by atoms with E-state index in [0.29, 0.717) is 16.5 Å². The van der Waals surface area contributed by atoms with Crippen LogP contribution < -0.4 is 5.73 Å². The van der Waals surface area contributed by atoms with Gasteiger partial charge in [-0.05, 0) is 42.0 Å². The van der Waals surface area contributed by atoms with Crippen LogP contribution in [0.2, 0.25) is 0 Å². The Bertz CT molecular complexity index is 657. The summed E-state index contributed by atoms with van der Waals surface area (Å²) in [4.78, 5) is 16.5. The third kappa shape index (κ3) is 5.50. The topological polar surface area (TPSA) is 97.9 Å². The first kappa shape index (κ1) is 18.2. The molecule has 128 valence electrons. The van der Waals surface area contributed by atoms with Crippen molar-refractivity contribution in [3.63, 3.8) is 0 Å². The summed E-state index contributed by atoms with van der Waals surface area (Å²) in [6.45, 7) is 1.99. The molecular weight excluding hydrogens is 330 g/mol. The number of hydrogen-bond donors (Lipinski definition) is 2. The minimum atomic E-state index is -0.744. The third-order valence-corrected chi connectivity index (χ3v) is 3.74. The third-order valence-electron chi connectivity index (χ3n) is 3.07. The maximum absolute atomic E-state index is 11.8. The van der Waals surface area contributed by atoms with Gasteiger partial charge < -0.3 is 10.5 Å². The Labute approximate surface area is 144 Å². The Hall–Kier alpha value is -2.13. The van der Waals surface area contributed by atoms with Crippen LogP contribution in [0.4, 0.5) is 5.69 Å². The molecule has 1 heterocycles. The van der Waals surface area contributed by atoms with Gasteiger partial charge in [-0.1, -0.05) is 12.1 Å². The Morgan fingerprint density at radius 1 is 1.42 bits per heavy atom. The zero-order valence-electron chi connectivity index (χ0n) is 13.2. The lowest BCUT2D eigenvalue weighted by molar-refractivity contribution is -0.302. The highest BCUT2D eigenvalue weighted by molar-refractivity contribution is 7.94. The van der Waals surface area contributed by atoms with Gasteiger partial charge in [0.25, 0.3) is 0 Å². The standard InChI is InChI=1S/C16H19N3O4S/c1-2-22-16(20)10-15(12-5-4-8-18-11-12)19(21)23-24-14-7-3-6-13(17)9-14/h3-9,11,15,21H,2,10,17H2,1H3. The van der Waals surface area contributed by atoms with Crippen LogP contribution in [0.25, 0.3) is 0 Å². The number of nitrogens with zero attached hydrogens (tertiary/aromatic N) is 2. The van der Waals surface area contributed by atoms with E-state index in [1.54, 1.807) is 55.7 Å². The van der Waals surface area contributed by atoms with Crippen molar-refractivity contribution in [2.75, 3.05) is 12.3 Å². The van der Waals surface area contributed by atoms with Crippen molar-refractivity contribution < 1.29 is 19.0 Å². The molecule has 1 unspecified atom stereocenters. The summed E-state index contributed by atoms with van der Waals surface area (Å²) in [6.07, 6.45) is 3.09. The van der Waals surface area contributed by atoms with Crippen LogP contribution in [-0.4, -0.2) is 28.0 Å². The van der Waals surface area contributed by atoms with E-state index in [1.807, 2.05) is 0 Å². The number of nitrogen functional groups attached to an aromatic ring is 1. The number of carbonyl (C=O) groups excluding carboxylic acids is 1. The van der Waals surface area contributed by atoms with Crippen molar-refractivity contribution in [1.29, 1.82) is 0 Å². The Balaban J connectivity index is 2.06. The molecular formula is C16H19N3O4S. The summed E-state index contributed by atoms with van der Waals surface area (Å²) in [5.74, 6) is -0.442. The van der Waals surface area contributed by atoms with E-state index >= 15 is 0 Å². The van der Waals surface area contributed by atoms with Crippen LogP contribution in [0.5, 0.6) is 0 Å². The van der Waals surface area contributed by atoms with Crippen LogP contribution >= 0.6 is 12.0 Å². The number of hydroxylamine groups is 2. The molecule has 3 N–H and O–H groups in total. The number of hydrogen-bond acceptors (Lipinski definition) is 8. The lowest BCUT2D eigenvalue weighted by Gasteiger charge is -2.23. The van der Waals surface area contributed by atoms with E-state index < -0.39 is 12.0 Å². The molecule has 0 saturated carbocycles. The summed E-state index contributed by atoms with van der Waals surface area (Å²) in [6, 6.07) is 9.75. The minimum absolute atomic E-state index is 0.0759. The Morgan fingerprint density at radius 3 is 2.92 bits per heavy atom. The molecule has 0 aliphatic carbocycles. The first-order valence-electron chi connectivity index (χ1n) is 7.34. The summed E-state index contributed by atoms with van der Waals surface area (Å²) < 4.78 is 10.2. The highest BCUT2D eigenvalue weighted by atomic mass is 32.2. The van der Waals surface area contributed by atoms with Crippen LogP contribution in [0.15, 0.2) is 53.7 Å². The summed E-state index contributed by atoms with van der Waals surface area (Å²) in [7, 11) is 0. The van der Waals surface area contributed by atoms with Gasteiger partial charge in [-0.25, -0.2) is 0 Å². The van der Waals surface area contributed by atoms with Crippen LogP contribution in [0.3, 0.4) is 0 Å². The highest BCUT2D eigenvalue weighted by Crippen LogP contribution is 2.29. The van der Waals surface area contributed by atoms with Gasteiger partial charge in [-0.15, -0.1) is 0 Å². The number of anilines is 1. The van der Waals surface area contributed by atoms with Gasteiger partial charge in [-0.2, -0.15) is 4.28 Å². The van der Waals surface area contributed by atoms with Gasteiger partial charge in [0.2, 0.25) is 0 Å². The Morgan fingerprint density at radius 2 is 2.25 bits per heavy atom. The van der Waals surface area contributed by atoms with E-state index in [-0.39, 0.29) is 13.0 Å². The number of nitrogens with two attached hydrogens (primary N) is 1. The van der Waals surface area contributed by atoms with Crippen LogP contribution in [-0.2, 0) is 13.8 Å². The van der Waals surface area contributed by atoms with Crippen molar-refractivity contribution in [2.24, 2.45) is 0 Å². The van der Waals surface area contributed by atoms with Crippen molar-refractivity contribution in [2.45, 2.75) is 24.3 Å². The number of benzene rings is 1. The highest BCUT2D eigenvalue weighted by Gasteiger charge is 2.25. The lowest BCUT2D eigenvalue weighted by Crippen LogP contribution is -2.26. The zero-order valence-corrected chi connectivity index (χ0v) is 14.0. The molecule has 0 fully saturated rings. The average molecular weight is 349 g/mol. The largest absolute Gasteiger partial charge is 0.466 e. The van der Waals surface area contributed by atoms with Crippen molar-refractivity contribution >= 4 is 23.7 Å². The molecule has 0 radical (unpaired) electrons. The fourth-order valence-electron chi connectivity index (χ4n) is 1.97. The van der Waals surface area contributed by atoms with Crippen molar-refractivity contribution in [3.8, 4) is 0 Å². The van der Waals surface area contributed by atoms with Crippen molar-refractivity contribution in [3.05, 3.63) is 54.4 Å². The molecule has 1 atom stereocenters. The SMILES string of the molecule is CCOC(=O)CC(c1cccnc1)N(O)OSc1cccc(N)c1. The summed E-state index contributed by atoms with van der Waals surface area (Å²) >= 11 is 0.930. The summed E-state index contributed by atoms with van der Waals surface area (Å²) in [5.41, 5.74) is 6.91. The van der Waals surface area contributed by atoms with E-state index in [9.17, 15) is 10.0 Å². The number of esters is 1. The fourth-order valence-corrected chi connectivity index (χ4v) is 2.56. The molecule has 0 amide bonds. The maximum atomic E-state index is 11.8. The molecule has 0 bridgehead atoms. The number of carbonyl (C=O) groups is 1. The lowest BCUT2D eigenvalue weighted by atomic mass is 10.1. The first-order chi connectivity index (χ1) is 11.6. The number of ether oxygens (including phenoxy) is 1. The van der Waals surface area contributed by atoms with E-state index in [0.717, 1.165) is 16.9 Å². The smallest absolute Gasteiger partial charge is 0.307 e. The first-order valence-corrected chi connectivity index (χ1v) is 8.08. The predicted octanol–water partition coefficient (Wildman–Crippen LogP) is 2.99. The molecule has 0 aliphatic rings. The molecule has 0 spiro atoms. The molecule has 1 aromatic carbocycles. The molecule has 0 saturated heterocycles. The van der Waals surface area contributed by atoms with E-state index in [4.69, 9.17) is 14.8 Å². The van der Waals surface area contributed by atoms with Gasteiger partial charge >= 0.3 is 5.97 Å². The van der Waals surface area contributed by atoms with Gasteiger partial charge in [0, 0.05) is 23.0 Å². The second-order valence-corrected chi connectivity index (χ2v) is 5.63. The molecule has 24 heavy (non-hydrogen) atoms. The van der Waals surface area contributed by atoms with E-state index in [1.165, 1.54) is 0 Å². The number of pyridine rings is 1. The quantitative estimate of drug-likeness (QED) is 0.325. The monoisotopic (exact) mass is 349 g/mol. The van der Waals surface area contributed by atoms with Gasteiger partial charge in [0.15, 0.2) is 0 Å². The van der Waals surface area contributed by atoms with Crippen LogP contribution in [0.1, 0.15) is 24.9 Å². The normalized spacial score (nSPS) is 12.1. The molecule has 1 aromatic heterocycles. The van der Waals surface area contributed by atoms with Gasteiger partial charge in [0.1, 0.15) is 6.04 Å². The number of aromatic nitrogens is 1. The Kier molecular flexibility index (Phi) is 7.01. The second-order valence-electron chi connectivity index (χ2n) is 4.84. The maximum Gasteiger partial charge on any atom is 0.307 e. The predicted molar refractivity (Wildman–Crippen MR) is 89.6 cm³/mol. The van der Waals surface area contributed by atoms with E-state index in [2.05, 4.69) is 4.98 Å². The number of rotatable bonds is 8. The average Bonchev–Trinajstić information content (AvgIpc) is 2.59.